The lowest BCUT2D eigenvalue weighted by atomic mass is 10.2. The van der Waals surface area contributed by atoms with Crippen molar-refractivity contribution in [1.29, 1.82) is 0 Å². The second kappa shape index (κ2) is 10.1. The molecule has 0 amide bonds. The number of pyridine rings is 1. The van der Waals surface area contributed by atoms with Gasteiger partial charge in [-0.15, -0.1) is 0 Å². The first-order chi connectivity index (χ1) is 17.1. The van der Waals surface area contributed by atoms with Gasteiger partial charge in [-0.05, 0) is 25.1 Å². The fraction of sp³-hybridized carbons (Fsp3) is 0.304. The fourth-order valence-corrected chi connectivity index (χ4v) is 3.47. The van der Waals surface area contributed by atoms with Crippen molar-refractivity contribution in [2.45, 2.75) is 19.6 Å². The maximum Gasteiger partial charge on any atom is 0.433 e. The van der Waals surface area contributed by atoms with Gasteiger partial charge in [-0.3, -0.25) is 4.68 Å². The van der Waals surface area contributed by atoms with Crippen molar-refractivity contribution in [3.05, 3.63) is 53.9 Å². The Hall–Kier alpha value is -4.29. The van der Waals surface area contributed by atoms with E-state index in [1.165, 1.54) is 13.2 Å². The zero-order chi connectivity index (χ0) is 25.9. The van der Waals surface area contributed by atoms with Gasteiger partial charge in [0.25, 0.3) is 0 Å². The summed E-state index contributed by atoms with van der Waals surface area (Å²) in [5.41, 5.74) is 5.24. The molecule has 4 rings (SSSR count). The molecule has 190 valence electrons. The molecule has 0 aliphatic rings. The predicted octanol–water partition coefficient (Wildman–Crippen LogP) is 3.75. The fourth-order valence-electron chi connectivity index (χ4n) is 3.47. The quantitative estimate of drug-likeness (QED) is 0.329. The molecule has 36 heavy (non-hydrogen) atoms. The number of anilines is 2. The monoisotopic (exact) mass is 503 g/mol. The molecule has 0 saturated carbocycles. The van der Waals surface area contributed by atoms with Crippen molar-refractivity contribution < 1.29 is 27.4 Å². The largest absolute Gasteiger partial charge is 0.493 e. The summed E-state index contributed by atoms with van der Waals surface area (Å²) in [5.74, 6) is 2.36. The summed E-state index contributed by atoms with van der Waals surface area (Å²) in [5, 5.41) is 7.66. The van der Waals surface area contributed by atoms with Crippen LogP contribution in [0.25, 0.3) is 10.9 Å². The number of rotatable bonds is 9. The molecule has 1 aromatic carbocycles. The van der Waals surface area contributed by atoms with E-state index in [1.807, 2.05) is 0 Å². The lowest BCUT2D eigenvalue weighted by Crippen LogP contribution is -2.13. The van der Waals surface area contributed by atoms with Gasteiger partial charge in [-0.2, -0.15) is 18.3 Å². The van der Waals surface area contributed by atoms with Gasteiger partial charge in [-0.1, -0.05) is 0 Å². The zero-order valence-electron chi connectivity index (χ0n) is 19.8. The lowest BCUT2D eigenvalue weighted by Gasteiger charge is -2.15. The molecule has 0 unspecified atom stereocenters. The Morgan fingerprint density at radius 3 is 2.50 bits per heavy atom. The molecular weight excluding hydrogens is 479 g/mol. The molecule has 0 aliphatic carbocycles. The van der Waals surface area contributed by atoms with Crippen LogP contribution in [0.2, 0.25) is 0 Å². The number of halogens is 3. The van der Waals surface area contributed by atoms with Gasteiger partial charge in [0.05, 0.1) is 37.3 Å². The lowest BCUT2D eigenvalue weighted by molar-refractivity contribution is -0.141. The van der Waals surface area contributed by atoms with Crippen molar-refractivity contribution in [3.63, 3.8) is 0 Å². The normalized spacial score (nSPS) is 11.5. The first-order valence-corrected chi connectivity index (χ1v) is 10.8. The number of benzene rings is 1. The molecule has 13 heteroatoms. The van der Waals surface area contributed by atoms with Crippen molar-refractivity contribution in [2.24, 2.45) is 7.05 Å². The Morgan fingerprint density at radius 1 is 1.03 bits per heavy atom. The van der Waals surface area contributed by atoms with Gasteiger partial charge < -0.3 is 25.3 Å². The number of hydrogen-bond donors (Lipinski definition) is 2. The van der Waals surface area contributed by atoms with Crippen LogP contribution in [0.5, 0.6) is 17.2 Å². The summed E-state index contributed by atoms with van der Waals surface area (Å²) < 4.78 is 57.9. The maximum absolute atomic E-state index is 13.1. The molecule has 4 aromatic rings. The number of nitrogen functional groups attached to an aromatic ring is 1. The highest BCUT2D eigenvalue weighted by molar-refractivity contribution is 5.91. The van der Waals surface area contributed by atoms with Crippen LogP contribution >= 0.6 is 0 Å². The molecule has 3 N–H and O–H groups in total. The third kappa shape index (κ3) is 5.85. The van der Waals surface area contributed by atoms with Crippen LogP contribution in [0, 0.1) is 6.92 Å². The van der Waals surface area contributed by atoms with Crippen LogP contribution in [-0.2, 0) is 19.8 Å². The topological polar surface area (TPSA) is 122 Å². The minimum absolute atomic E-state index is 0.0354. The molecule has 3 heterocycles. The van der Waals surface area contributed by atoms with E-state index in [0.29, 0.717) is 39.8 Å². The Kier molecular flexibility index (Phi) is 6.99. The molecule has 0 fully saturated rings. The van der Waals surface area contributed by atoms with Crippen LogP contribution in [-0.4, -0.2) is 45.1 Å². The number of nitrogens with zero attached hydrogens (tertiary/aromatic N) is 5. The third-order valence-electron chi connectivity index (χ3n) is 5.01. The van der Waals surface area contributed by atoms with E-state index in [-0.39, 0.29) is 31.1 Å². The summed E-state index contributed by atoms with van der Waals surface area (Å²) >= 11 is 0. The predicted molar refractivity (Wildman–Crippen MR) is 126 cm³/mol. The van der Waals surface area contributed by atoms with Crippen molar-refractivity contribution in [3.8, 4) is 17.2 Å². The Labute approximate surface area is 204 Å². The van der Waals surface area contributed by atoms with Crippen molar-refractivity contribution in [1.82, 2.24) is 24.7 Å². The highest BCUT2D eigenvalue weighted by atomic mass is 19.4. The van der Waals surface area contributed by atoms with Crippen LogP contribution in [0.15, 0.2) is 36.7 Å². The Bertz CT molecular complexity index is 1380. The van der Waals surface area contributed by atoms with Crippen LogP contribution < -0.4 is 25.3 Å². The van der Waals surface area contributed by atoms with Gasteiger partial charge >= 0.3 is 6.18 Å². The van der Waals surface area contributed by atoms with Gasteiger partial charge in [0, 0.05) is 24.2 Å². The van der Waals surface area contributed by atoms with Gasteiger partial charge in [0.1, 0.15) is 30.5 Å². The van der Waals surface area contributed by atoms with Crippen LogP contribution in [0.4, 0.5) is 24.7 Å². The molecule has 0 atom stereocenters. The van der Waals surface area contributed by atoms with E-state index >= 15 is 0 Å². The number of fused-ring (bicyclic) bond motifs is 1. The van der Waals surface area contributed by atoms with E-state index < -0.39 is 11.9 Å². The van der Waals surface area contributed by atoms with E-state index in [9.17, 15) is 13.2 Å². The zero-order valence-corrected chi connectivity index (χ0v) is 19.8. The van der Waals surface area contributed by atoms with Crippen LogP contribution in [0.1, 0.15) is 17.2 Å². The van der Waals surface area contributed by atoms with Gasteiger partial charge in [-0.25, -0.2) is 15.0 Å². The second-order valence-electron chi connectivity index (χ2n) is 7.81. The number of hydrogen-bond acceptors (Lipinski definition) is 9. The first-order valence-electron chi connectivity index (χ1n) is 10.8. The first kappa shape index (κ1) is 24.8. The maximum atomic E-state index is 13.1. The summed E-state index contributed by atoms with van der Waals surface area (Å²) in [6, 6.07) is 5.57. The smallest absolute Gasteiger partial charge is 0.433 e. The molecule has 3 aromatic heterocycles. The molecule has 0 spiro atoms. The summed E-state index contributed by atoms with van der Waals surface area (Å²) in [6.07, 6.45) is -1.27. The van der Waals surface area contributed by atoms with Crippen molar-refractivity contribution >= 4 is 22.4 Å². The molecular formula is C23H24F3N7O3. The standard InChI is InChI=1S/C23H24F3N7O3/c1-13-30-18-9-19(34-3)20(36-5-4-35-16-11-29-33(2)12-16)8-17(18)22(31-13)28-10-15-6-14(27)7-21(32-15)23(24,25)26/h6-9,11-12H,4-5,10H2,1-3H3,(H2,27,32)(H,28,30,31). The number of methoxy groups -OCH3 is 1. The number of nitrogens with two attached hydrogens (primary N) is 1. The number of ether oxygens (including phenoxy) is 3. The third-order valence-corrected chi connectivity index (χ3v) is 5.01. The van der Waals surface area contributed by atoms with E-state index in [1.54, 1.807) is 43.2 Å². The minimum Gasteiger partial charge on any atom is -0.493 e. The van der Waals surface area contributed by atoms with E-state index in [4.69, 9.17) is 19.9 Å². The Morgan fingerprint density at radius 2 is 1.81 bits per heavy atom. The number of aromatic nitrogens is 5. The second-order valence-corrected chi connectivity index (χ2v) is 7.81. The number of nitrogens with one attached hydrogen (secondary N) is 1. The van der Waals surface area contributed by atoms with Crippen LogP contribution in [0.3, 0.4) is 0 Å². The molecule has 0 aliphatic heterocycles. The highest BCUT2D eigenvalue weighted by Gasteiger charge is 2.33. The molecule has 0 bridgehead atoms. The Balaban J connectivity index is 1.55. The number of alkyl halides is 3. The molecule has 10 nitrogen and oxygen atoms in total. The summed E-state index contributed by atoms with van der Waals surface area (Å²) in [7, 11) is 3.30. The summed E-state index contributed by atoms with van der Waals surface area (Å²) in [4.78, 5) is 12.5. The van der Waals surface area contributed by atoms with Gasteiger partial charge in [0.2, 0.25) is 0 Å². The highest BCUT2D eigenvalue weighted by Crippen LogP contribution is 2.35. The van der Waals surface area contributed by atoms with Gasteiger partial charge in [0.15, 0.2) is 17.2 Å². The number of aryl methyl sites for hydroxylation is 2. The SMILES string of the molecule is COc1cc2nc(C)nc(NCc3cc(N)cc(C(F)(F)F)n3)c2cc1OCCOc1cnn(C)c1. The molecule has 0 radical (unpaired) electrons. The minimum atomic E-state index is -4.61. The molecule has 0 saturated heterocycles. The van der Waals surface area contributed by atoms with Crippen molar-refractivity contribution in [2.75, 3.05) is 31.4 Å². The van der Waals surface area contributed by atoms with E-state index in [2.05, 4.69) is 25.4 Å². The van der Waals surface area contributed by atoms with E-state index in [0.717, 1.165) is 6.07 Å². The average molecular weight is 503 g/mol. The average Bonchev–Trinajstić information content (AvgIpc) is 3.23. The summed E-state index contributed by atoms with van der Waals surface area (Å²) in [6.45, 7) is 2.16.